The lowest BCUT2D eigenvalue weighted by Gasteiger charge is -2.36. The molecule has 0 amide bonds. The summed E-state index contributed by atoms with van der Waals surface area (Å²) in [5, 5.41) is 0. The molecule has 0 spiro atoms. The van der Waals surface area contributed by atoms with Crippen molar-refractivity contribution < 1.29 is 0 Å². The van der Waals surface area contributed by atoms with Gasteiger partial charge in [-0.2, -0.15) is 0 Å². The Morgan fingerprint density at radius 2 is 0.690 bits per heavy atom. The zero-order chi connectivity index (χ0) is 28.1. The average molecular weight is 539 g/mol. The minimum atomic E-state index is 1.04. The first-order chi connectivity index (χ1) is 20.9. The Hall–Kier alpha value is -5.74. The molecule has 4 aromatic heterocycles. The van der Waals surface area contributed by atoms with Crippen LogP contribution in [0, 0.1) is 0 Å². The number of hydrogen-bond acceptors (Lipinski definition) is 4. The van der Waals surface area contributed by atoms with Gasteiger partial charge in [0.25, 0.3) is 0 Å². The molecule has 0 bridgehead atoms. The Kier molecular flexibility index (Phi) is 6.85. The SMILES string of the molecule is c1ccc(/C(=C2C(c3cccnc3)=C(c3cccnc3)C\2=C(/c2ccccc2)c2cccnc2)c2cccnc2)cc1. The van der Waals surface area contributed by atoms with E-state index in [2.05, 4.69) is 105 Å². The summed E-state index contributed by atoms with van der Waals surface area (Å²) in [6, 6.07) is 37.6. The number of hydrogen-bond donors (Lipinski definition) is 0. The van der Waals surface area contributed by atoms with Crippen LogP contribution in [0.25, 0.3) is 22.3 Å². The van der Waals surface area contributed by atoms with Crippen molar-refractivity contribution in [3.05, 3.63) is 203 Å². The molecule has 42 heavy (non-hydrogen) atoms. The van der Waals surface area contributed by atoms with Crippen molar-refractivity contribution in [2.45, 2.75) is 0 Å². The van der Waals surface area contributed by atoms with Crippen LogP contribution in [0.4, 0.5) is 0 Å². The molecule has 2 aromatic carbocycles. The summed E-state index contributed by atoms with van der Waals surface area (Å²) in [5.41, 5.74) is 13.2. The maximum Gasteiger partial charge on any atom is 0.0346 e. The second-order valence-electron chi connectivity index (χ2n) is 9.95. The van der Waals surface area contributed by atoms with Gasteiger partial charge < -0.3 is 0 Å². The number of aromatic nitrogens is 4. The van der Waals surface area contributed by atoms with E-state index in [1.165, 1.54) is 0 Å². The fourth-order valence-corrected chi connectivity index (χ4v) is 5.68. The van der Waals surface area contributed by atoms with E-state index in [4.69, 9.17) is 0 Å². The number of allylic oxidation sites excluding steroid dienone is 4. The van der Waals surface area contributed by atoms with Crippen molar-refractivity contribution in [1.29, 1.82) is 0 Å². The normalized spacial score (nSPS) is 15.1. The van der Waals surface area contributed by atoms with Gasteiger partial charge in [0.1, 0.15) is 0 Å². The average Bonchev–Trinajstić information content (AvgIpc) is 3.07. The number of nitrogens with zero attached hydrogens (tertiary/aromatic N) is 4. The molecule has 4 heteroatoms. The Balaban J connectivity index is 1.71. The Bertz CT molecular complexity index is 1690. The highest BCUT2D eigenvalue weighted by Crippen LogP contribution is 2.57. The Labute approximate surface area is 245 Å². The van der Waals surface area contributed by atoms with E-state index in [0.29, 0.717) is 0 Å². The molecule has 0 unspecified atom stereocenters. The van der Waals surface area contributed by atoms with E-state index in [0.717, 1.165) is 66.8 Å². The fourth-order valence-electron chi connectivity index (χ4n) is 5.68. The van der Waals surface area contributed by atoms with Crippen LogP contribution < -0.4 is 0 Å². The minimum Gasteiger partial charge on any atom is -0.264 e. The molecule has 4 heterocycles. The molecular formula is C38H26N4. The first-order valence-corrected chi connectivity index (χ1v) is 13.9. The molecule has 6 aromatic rings. The maximum atomic E-state index is 4.53. The summed E-state index contributed by atoms with van der Waals surface area (Å²) in [4.78, 5) is 18.1. The number of benzene rings is 2. The molecule has 0 N–H and O–H groups in total. The van der Waals surface area contributed by atoms with Gasteiger partial charge in [-0.05, 0) is 57.7 Å². The van der Waals surface area contributed by atoms with Gasteiger partial charge in [0.15, 0.2) is 0 Å². The van der Waals surface area contributed by atoms with E-state index in [-0.39, 0.29) is 0 Å². The summed E-state index contributed by atoms with van der Waals surface area (Å²) in [7, 11) is 0. The first-order valence-electron chi connectivity index (χ1n) is 13.9. The van der Waals surface area contributed by atoms with Crippen LogP contribution in [0.1, 0.15) is 33.4 Å². The van der Waals surface area contributed by atoms with Gasteiger partial charge in [-0.15, -0.1) is 0 Å². The third-order valence-corrected chi connectivity index (χ3v) is 7.43. The first kappa shape index (κ1) is 25.2. The smallest absolute Gasteiger partial charge is 0.0346 e. The lowest BCUT2D eigenvalue weighted by atomic mass is 9.65. The summed E-state index contributed by atoms with van der Waals surface area (Å²) in [6.07, 6.45) is 15.1. The highest BCUT2D eigenvalue weighted by atomic mass is 14.6. The molecular weight excluding hydrogens is 512 g/mol. The van der Waals surface area contributed by atoms with Gasteiger partial charge in [-0.3, -0.25) is 19.9 Å². The second kappa shape index (κ2) is 11.4. The van der Waals surface area contributed by atoms with Gasteiger partial charge in [0.2, 0.25) is 0 Å². The predicted octanol–water partition coefficient (Wildman–Crippen LogP) is 8.20. The second-order valence-corrected chi connectivity index (χ2v) is 9.95. The third kappa shape index (κ3) is 4.65. The Morgan fingerprint density at radius 3 is 1.02 bits per heavy atom. The van der Waals surface area contributed by atoms with Gasteiger partial charge >= 0.3 is 0 Å². The van der Waals surface area contributed by atoms with E-state index in [1.807, 2.05) is 73.8 Å². The molecule has 0 fully saturated rings. The summed E-state index contributed by atoms with van der Waals surface area (Å²) >= 11 is 0. The lowest BCUT2D eigenvalue weighted by molar-refractivity contribution is 1.26. The summed E-state index contributed by atoms with van der Waals surface area (Å²) in [6.45, 7) is 0. The van der Waals surface area contributed by atoms with Gasteiger partial charge in [-0.25, -0.2) is 0 Å². The molecule has 0 saturated heterocycles. The quantitative estimate of drug-likeness (QED) is 0.214. The van der Waals surface area contributed by atoms with Crippen molar-refractivity contribution in [3.8, 4) is 0 Å². The van der Waals surface area contributed by atoms with Crippen molar-refractivity contribution in [2.75, 3.05) is 0 Å². The molecule has 1 aliphatic rings. The molecule has 0 aliphatic heterocycles. The van der Waals surface area contributed by atoms with Crippen LogP contribution in [0.2, 0.25) is 0 Å². The highest BCUT2D eigenvalue weighted by Gasteiger charge is 2.38. The zero-order valence-electron chi connectivity index (χ0n) is 22.8. The van der Waals surface area contributed by atoms with Crippen molar-refractivity contribution in [3.63, 3.8) is 0 Å². The van der Waals surface area contributed by atoms with Crippen molar-refractivity contribution >= 4 is 22.3 Å². The molecule has 198 valence electrons. The standard InChI is InChI=1S/C38H26N4/c1-3-11-27(12-4-1)33(29-15-7-19-39-23-29)37-35(31-17-9-21-41-25-31)36(32-18-10-22-42-26-32)38(37)34(28-13-5-2-6-14-28)30-16-8-20-40-24-30/h1-26H/b37-33-,38-34-. The van der Waals surface area contributed by atoms with E-state index < -0.39 is 0 Å². The van der Waals surface area contributed by atoms with E-state index in [9.17, 15) is 0 Å². The molecule has 4 nitrogen and oxygen atoms in total. The van der Waals surface area contributed by atoms with Crippen LogP contribution in [0.3, 0.4) is 0 Å². The van der Waals surface area contributed by atoms with Crippen LogP contribution >= 0.6 is 0 Å². The molecule has 0 saturated carbocycles. The predicted molar refractivity (Wildman–Crippen MR) is 169 cm³/mol. The largest absolute Gasteiger partial charge is 0.264 e. The van der Waals surface area contributed by atoms with Crippen molar-refractivity contribution in [1.82, 2.24) is 19.9 Å². The number of pyridine rings is 4. The van der Waals surface area contributed by atoms with Crippen LogP contribution in [0.5, 0.6) is 0 Å². The maximum absolute atomic E-state index is 4.53. The Morgan fingerprint density at radius 1 is 0.333 bits per heavy atom. The zero-order valence-corrected chi connectivity index (χ0v) is 22.8. The van der Waals surface area contributed by atoms with Crippen LogP contribution in [-0.2, 0) is 0 Å². The molecule has 0 radical (unpaired) electrons. The monoisotopic (exact) mass is 538 g/mol. The summed E-state index contributed by atoms with van der Waals surface area (Å²) in [5.74, 6) is 0. The fraction of sp³-hybridized carbons (Fsp3) is 0. The molecule has 1 aliphatic carbocycles. The van der Waals surface area contributed by atoms with Gasteiger partial charge in [-0.1, -0.05) is 84.9 Å². The minimum absolute atomic E-state index is 1.04. The van der Waals surface area contributed by atoms with Crippen LogP contribution in [0.15, 0.2) is 170 Å². The molecule has 0 atom stereocenters. The topological polar surface area (TPSA) is 51.6 Å². The highest BCUT2D eigenvalue weighted by molar-refractivity contribution is 6.26. The van der Waals surface area contributed by atoms with Gasteiger partial charge in [0, 0.05) is 83.0 Å². The van der Waals surface area contributed by atoms with Crippen LogP contribution in [-0.4, -0.2) is 19.9 Å². The third-order valence-electron chi connectivity index (χ3n) is 7.43. The van der Waals surface area contributed by atoms with Gasteiger partial charge in [0.05, 0.1) is 0 Å². The summed E-state index contributed by atoms with van der Waals surface area (Å²) < 4.78 is 0. The van der Waals surface area contributed by atoms with E-state index >= 15 is 0 Å². The lowest BCUT2D eigenvalue weighted by Crippen LogP contribution is -2.17. The van der Waals surface area contributed by atoms with Crippen molar-refractivity contribution in [2.24, 2.45) is 0 Å². The number of rotatable bonds is 6. The molecule has 7 rings (SSSR count). The van der Waals surface area contributed by atoms with E-state index in [1.54, 1.807) is 0 Å².